The minimum atomic E-state index is -0.425. The van der Waals surface area contributed by atoms with Crippen LogP contribution in [0.3, 0.4) is 0 Å². The van der Waals surface area contributed by atoms with E-state index in [2.05, 4.69) is 48.5 Å². The Morgan fingerprint density at radius 2 is 1.68 bits per heavy atom. The van der Waals surface area contributed by atoms with Crippen molar-refractivity contribution >= 4 is 33.3 Å². The van der Waals surface area contributed by atoms with Crippen LogP contribution >= 0.6 is 15.9 Å². The molecule has 0 saturated carbocycles. The van der Waals surface area contributed by atoms with Gasteiger partial charge in [0.15, 0.2) is 0 Å². The summed E-state index contributed by atoms with van der Waals surface area (Å²) in [4.78, 5) is 28.3. The molecule has 0 aromatic heterocycles. The summed E-state index contributed by atoms with van der Waals surface area (Å²) in [7, 11) is 0. The Labute approximate surface area is 140 Å². The quantitative estimate of drug-likeness (QED) is 0.722. The summed E-state index contributed by atoms with van der Waals surface area (Å²) in [5.41, 5.74) is 1.21. The lowest BCUT2D eigenvalue weighted by atomic mass is 10.1. The summed E-state index contributed by atoms with van der Waals surface area (Å²) in [5, 5.41) is 0. The van der Waals surface area contributed by atoms with Crippen LogP contribution in [0.15, 0.2) is 22.7 Å². The highest BCUT2D eigenvalue weighted by Crippen LogP contribution is 2.31. The van der Waals surface area contributed by atoms with Crippen molar-refractivity contribution < 1.29 is 9.59 Å². The van der Waals surface area contributed by atoms with Crippen LogP contribution in [0.25, 0.3) is 0 Å². The Morgan fingerprint density at radius 3 is 2.23 bits per heavy atom. The predicted molar refractivity (Wildman–Crippen MR) is 92.1 cm³/mol. The Hall–Kier alpha value is -1.20. The first-order valence-electron chi connectivity index (χ1n) is 7.67. The molecule has 22 heavy (non-hydrogen) atoms. The van der Waals surface area contributed by atoms with Gasteiger partial charge in [0.2, 0.25) is 0 Å². The SMILES string of the molecule is CC(C)CN(CC(C)C)CN1C(=O)C(=O)c2cc(Br)ccc21. The van der Waals surface area contributed by atoms with Gasteiger partial charge in [-0.1, -0.05) is 43.6 Å². The van der Waals surface area contributed by atoms with Gasteiger partial charge in [-0.2, -0.15) is 0 Å². The van der Waals surface area contributed by atoms with Gasteiger partial charge in [-0.05, 0) is 30.0 Å². The fourth-order valence-electron chi connectivity index (χ4n) is 2.84. The molecule has 1 amide bonds. The van der Waals surface area contributed by atoms with Gasteiger partial charge in [-0.15, -0.1) is 0 Å². The molecule has 1 aliphatic heterocycles. The monoisotopic (exact) mass is 366 g/mol. The first kappa shape index (κ1) is 17.2. The number of halogens is 1. The number of Topliss-reactive ketones (excluding diaryl/α,β-unsaturated/α-hetero) is 1. The van der Waals surface area contributed by atoms with Crippen molar-refractivity contribution in [3.8, 4) is 0 Å². The Balaban J connectivity index is 2.24. The van der Waals surface area contributed by atoms with Crippen LogP contribution in [-0.2, 0) is 4.79 Å². The second-order valence-electron chi connectivity index (χ2n) is 6.69. The molecule has 0 radical (unpaired) electrons. The molecule has 0 aliphatic carbocycles. The maximum Gasteiger partial charge on any atom is 0.300 e. The molecule has 1 aromatic carbocycles. The van der Waals surface area contributed by atoms with E-state index in [1.807, 2.05) is 12.1 Å². The van der Waals surface area contributed by atoms with Crippen LogP contribution in [0.5, 0.6) is 0 Å². The van der Waals surface area contributed by atoms with E-state index in [0.29, 0.717) is 24.1 Å². The lowest BCUT2D eigenvalue weighted by Crippen LogP contribution is -2.43. The number of ketones is 1. The van der Waals surface area contributed by atoms with E-state index in [-0.39, 0.29) is 0 Å². The molecule has 0 saturated heterocycles. The van der Waals surface area contributed by atoms with Crippen LogP contribution in [0.4, 0.5) is 5.69 Å². The molecule has 0 spiro atoms. The van der Waals surface area contributed by atoms with Crippen molar-refractivity contribution in [1.82, 2.24) is 4.90 Å². The molecular formula is C17H23BrN2O2. The summed E-state index contributed by atoms with van der Waals surface area (Å²) in [6.07, 6.45) is 0. The van der Waals surface area contributed by atoms with Crippen molar-refractivity contribution in [2.45, 2.75) is 27.7 Å². The number of nitrogens with zero attached hydrogens (tertiary/aromatic N) is 2. The first-order chi connectivity index (χ1) is 10.3. The van der Waals surface area contributed by atoms with E-state index in [1.54, 1.807) is 11.0 Å². The summed E-state index contributed by atoms with van der Waals surface area (Å²) in [6.45, 7) is 10.9. The predicted octanol–water partition coefficient (Wildman–Crippen LogP) is 3.55. The zero-order valence-electron chi connectivity index (χ0n) is 13.6. The van der Waals surface area contributed by atoms with Gasteiger partial charge in [0.05, 0.1) is 17.9 Å². The number of carbonyl (C=O) groups is 2. The molecule has 0 bridgehead atoms. The highest BCUT2D eigenvalue weighted by atomic mass is 79.9. The molecule has 1 heterocycles. The van der Waals surface area contributed by atoms with E-state index in [0.717, 1.165) is 23.2 Å². The maximum absolute atomic E-state index is 12.3. The second-order valence-corrected chi connectivity index (χ2v) is 7.60. The third-order valence-corrected chi connectivity index (χ3v) is 4.01. The van der Waals surface area contributed by atoms with E-state index >= 15 is 0 Å². The third-order valence-electron chi connectivity index (χ3n) is 3.52. The standard InChI is InChI=1S/C17H23BrN2O2/c1-11(2)8-19(9-12(3)4)10-20-15-6-5-13(18)7-14(15)16(21)17(20)22/h5-7,11-12H,8-10H2,1-4H3. The largest absolute Gasteiger partial charge is 0.300 e. The average Bonchev–Trinajstić information content (AvgIpc) is 2.62. The smallest absolute Gasteiger partial charge is 0.291 e. The molecule has 4 nitrogen and oxygen atoms in total. The highest BCUT2D eigenvalue weighted by molar-refractivity contribution is 9.10. The number of carbonyl (C=O) groups excluding carboxylic acids is 2. The van der Waals surface area contributed by atoms with E-state index < -0.39 is 11.7 Å². The van der Waals surface area contributed by atoms with E-state index in [4.69, 9.17) is 0 Å². The molecule has 120 valence electrons. The number of amides is 1. The van der Waals surface area contributed by atoms with Gasteiger partial charge >= 0.3 is 5.91 Å². The van der Waals surface area contributed by atoms with Crippen LogP contribution < -0.4 is 4.90 Å². The summed E-state index contributed by atoms with van der Waals surface area (Å²) >= 11 is 3.36. The van der Waals surface area contributed by atoms with Gasteiger partial charge < -0.3 is 0 Å². The molecule has 0 N–H and O–H groups in total. The van der Waals surface area contributed by atoms with Crippen LogP contribution in [-0.4, -0.2) is 36.3 Å². The van der Waals surface area contributed by atoms with Crippen molar-refractivity contribution in [3.05, 3.63) is 28.2 Å². The van der Waals surface area contributed by atoms with Crippen LogP contribution in [0.1, 0.15) is 38.1 Å². The van der Waals surface area contributed by atoms with E-state index in [9.17, 15) is 9.59 Å². The van der Waals surface area contributed by atoms with Crippen molar-refractivity contribution in [2.75, 3.05) is 24.7 Å². The van der Waals surface area contributed by atoms with Crippen molar-refractivity contribution in [1.29, 1.82) is 0 Å². The number of anilines is 1. The number of benzene rings is 1. The van der Waals surface area contributed by atoms with Crippen molar-refractivity contribution in [3.63, 3.8) is 0 Å². The Bertz CT molecular complexity index is 574. The van der Waals surface area contributed by atoms with Gasteiger partial charge in [0.25, 0.3) is 5.78 Å². The lowest BCUT2D eigenvalue weighted by molar-refractivity contribution is -0.114. The average molecular weight is 367 g/mol. The van der Waals surface area contributed by atoms with Gasteiger partial charge in [0, 0.05) is 17.6 Å². The zero-order chi connectivity index (χ0) is 16.4. The van der Waals surface area contributed by atoms with Crippen LogP contribution in [0.2, 0.25) is 0 Å². The topological polar surface area (TPSA) is 40.6 Å². The molecule has 5 heteroatoms. The first-order valence-corrected chi connectivity index (χ1v) is 8.47. The third kappa shape index (κ3) is 3.76. The molecule has 2 rings (SSSR count). The molecular weight excluding hydrogens is 344 g/mol. The Morgan fingerprint density at radius 1 is 1.09 bits per heavy atom. The number of hydrogen-bond acceptors (Lipinski definition) is 3. The van der Waals surface area contributed by atoms with E-state index in [1.165, 1.54) is 0 Å². The minimum absolute atomic E-state index is 0.412. The van der Waals surface area contributed by atoms with Gasteiger partial charge in [0.1, 0.15) is 0 Å². The van der Waals surface area contributed by atoms with Gasteiger partial charge in [-0.25, -0.2) is 0 Å². The highest BCUT2D eigenvalue weighted by Gasteiger charge is 2.36. The number of hydrogen-bond donors (Lipinski definition) is 0. The summed E-state index contributed by atoms with van der Waals surface area (Å²) in [6, 6.07) is 5.43. The van der Waals surface area contributed by atoms with Gasteiger partial charge in [-0.3, -0.25) is 19.4 Å². The second kappa shape index (κ2) is 6.92. The molecule has 0 unspecified atom stereocenters. The van der Waals surface area contributed by atoms with Crippen molar-refractivity contribution in [2.24, 2.45) is 11.8 Å². The normalized spacial score (nSPS) is 14.6. The van der Waals surface area contributed by atoms with Crippen LogP contribution in [0, 0.1) is 11.8 Å². The maximum atomic E-state index is 12.3. The molecule has 1 aliphatic rings. The summed E-state index contributed by atoms with van der Waals surface area (Å²) < 4.78 is 0.815. The zero-order valence-corrected chi connectivity index (χ0v) is 15.2. The molecule has 0 atom stereocenters. The fraction of sp³-hybridized carbons (Fsp3) is 0.529. The number of fused-ring (bicyclic) bond motifs is 1. The fourth-order valence-corrected chi connectivity index (χ4v) is 3.20. The lowest BCUT2D eigenvalue weighted by Gasteiger charge is -2.30. The summed E-state index contributed by atoms with van der Waals surface area (Å²) in [5.74, 6) is 0.184. The number of rotatable bonds is 6. The Kier molecular flexibility index (Phi) is 5.40. The molecule has 0 fully saturated rings. The molecule has 1 aromatic rings. The minimum Gasteiger partial charge on any atom is -0.291 e.